The second-order valence-corrected chi connectivity index (χ2v) is 1.85. The van der Waals surface area contributed by atoms with E-state index in [-0.39, 0.29) is 6.42 Å². The molecule has 0 aliphatic rings. The Bertz CT molecular complexity index is 106. The smallest absolute Gasteiger partial charge is 0.338 e. The highest BCUT2D eigenvalue weighted by atomic mass is 16.4. The van der Waals surface area contributed by atoms with E-state index in [1.807, 2.05) is 0 Å². The number of hydrogen-bond donors (Lipinski definition) is 3. The number of rotatable bonds is 3. The minimum absolute atomic E-state index is 0.0127. The molecule has 0 aromatic heterocycles. The summed E-state index contributed by atoms with van der Waals surface area (Å²) in [4.78, 5) is 10.1. The van der Waals surface area contributed by atoms with Gasteiger partial charge in [-0.1, -0.05) is 6.92 Å². The average molecular weight is 134 g/mol. The van der Waals surface area contributed by atoms with Gasteiger partial charge in [0.2, 0.25) is 0 Å². The molecule has 1 atom stereocenters. The van der Waals surface area contributed by atoms with Crippen LogP contribution in [0.1, 0.15) is 13.3 Å². The van der Waals surface area contributed by atoms with Crippen LogP contribution >= 0.6 is 0 Å². The lowest BCUT2D eigenvalue weighted by Crippen LogP contribution is -2.41. The maximum atomic E-state index is 10.1. The van der Waals surface area contributed by atoms with Crippen LogP contribution < -0.4 is 0 Å². The third-order valence-corrected chi connectivity index (χ3v) is 1.24. The van der Waals surface area contributed by atoms with Crippen molar-refractivity contribution in [3.63, 3.8) is 0 Å². The van der Waals surface area contributed by atoms with Crippen LogP contribution in [0.5, 0.6) is 0 Å². The van der Waals surface area contributed by atoms with Crippen LogP contribution in [0.2, 0.25) is 0 Å². The minimum atomic E-state index is -1.94. The Hall–Kier alpha value is -0.610. The monoisotopic (exact) mass is 134 g/mol. The third-order valence-electron chi connectivity index (χ3n) is 1.24. The number of aliphatic carboxylic acids is 1. The summed E-state index contributed by atoms with van der Waals surface area (Å²) in [6.45, 7) is 0.753. The highest BCUT2D eigenvalue weighted by molar-refractivity contribution is 5.77. The van der Waals surface area contributed by atoms with Crippen LogP contribution in [-0.4, -0.2) is 33.5 Å². The molecule has 0 radical (unpaired) electrons. The molecule has 0 aliphatic heterocycles. The van der Waals surface area contributed by atoms with Crippen molar-refractivity contribution in [1.82, 2.24) is 0 Å². The van der Waals surface area contributed by atoms with Crippen LogP contribution in [0.25, 0.3) is 0 Å². The van der Waals surface area contributed by atoms with E-state index in [4.69, 9.17) is 15.3 Å². The van der Waals surface area contributed by atoms with Crippen LogP contribution in [0.4, 0.5) is 0 Å². The van der Waals surface area contributed by atoms with Crippen molar-refractivity contribution in [3.8, 4) is 0 Å². The second-order valence-electron chi connectivity index (χ2n) is 1.85. The summed E-state index contributed by atoms with van der Waals surface area (Å²) in [6.07, 6.45) is 0.0127. The molecule has 0 aliphatic carbocycles. The zero-order chi connectivity index (χ0) is 7.49. The minimum Gasteiger partial charge on any atom is -0.479 e. The summed E-state index contributed by atoms with van der Waals surface area (Å²) in [6, 6.07) is 0. The molecule has 0 bridgehead atoms. The van der Waals surface area contributed by atoms with Gasteiger partial charge in [-0.15, -0.1) is 0 Å². The van der Waals surface area contributed by atoms with Gasteiger partial charge in [-0.05, 0) is 6.42 Å². The van der Waals surface area contributed by atoms with E-state index < -0.39 is 18.2 Å². The number of carboxylic acids is 1. The molecule has 54 valence electrons. The third kappa shape index (κ3) is 1.65. The molecule has 0 unspecified atom stereocenters. The van der Waals surface area contributed by atoms with Gasteiger partial charge < -0.3 is 15.3 Å². The molecule has 0 fully saturated rings. The Morgan fingerprint density at radius 1 is 1.67 bits per heavy atom. The standard InChI is InChI=1S/C5H10O4/c1-2-5(9,3-6)4(7)8/h6,9H,2-3H2,1H3,(H,7,8)/t5-/m0/s1. The van der Waals surface area contributed by atoms with Crippen LogP contribution in [0, 0.1) is 0 Å². The molecule has 0 rings (SSSR count). The van der Waals surface area contributed by atoms with Gasteiger partial charge in [-0.2, -0.15) is 0 Å². The van der Waals surface area contributed by atoms with Crippen LogP contribution in [0.3, 0.4) is 0 Å². The van der Waals surface area contributed by atoms with Crippen molar-refractivity contribution >= 4 is 5.97 Å². The molecule has 0 saturated carbocycles. The summed E-state index contributed by atoms with van der Waals surface area (Å²) in [5, 5.41) is 25.4. The summed E-state index contributed by atoms with van der Waals surface area (Å²) < 4.78 is 0. The molecule has 9 heavy (non-hydrogen) atoms. The van der Waals surface area contributed by atoms with Crippen molar-refractivity contribution in [2.24, 2.45) is 0 Å². The van der Waals surface area contributed by atoms with Crippen molar-refractivity contribution in [1.29, 1.82) is 0 Å². The first-order chi connectivity index (χ1) is 4.06. The van der Waals surface area contributed by atoms with Gasteiger partial charge in [0.05, 0.1) is 6.61 Å². The Morgan fingerprint density at radius 2 is 2.11 bits per heavy atom. The molecule has 4 nitrogen and oxygen atoms in total. The quantitative estimate of drug-likeness (QED) is 0.472. The number of aliphatic hydroxyl groups is 2. The molecule has 4 heteroatoms. The van der Waals surface area contributed by atoms with Crippen LogP contribution in [-0.2, 0) is 4.79 Å². The average Bonchev–Trinajstić information content (AvgIpc) is 1.86. The molecule has 0 amide bonds. The van der Waals surface area contributed by atoms with Gasteiger partial charge in [0.1, 0.15) is 0 Å². The zero-order valence-corrected chi connectivity index (χ0v) is 5.16. The SMILES string of the molecule is CC[C@](O)(CO)C(=O)O. The Morgan fingerprint density at radius 3 is 2.11 bits per heavy atom. The molecule has 0 spiro atoms. The van der Waals surface area contributed by atoms with Crippen molar-refractivity contribution < 1.29 is 20.1 Å². The lowest BCUT2D eigenvalue weighted by molar-refractivity contribution is -0.163. The van der Waals surface area contributed by atoms with E-state index in [0.29, 0.717) is 0 Å². The predicted octanol–water partition coefficient (Wildman–Crippen LogP) is -0.796. The Balaban J connectivity index is 4.09. The van der Waals surface area contributed by atoms with E-state index in [0.717, 1.165) is 0 Å². The first-order valence-corrected chi connectivity index (χ1v) is 2.63. The fourth-order valence-electron chi connectivity index (χ4n) is 0.331. The van der Waals surface area contributed by atoms with Crippen molar-refractivity contribution in [3.05, 3.63) is 0 Å². The second kappa shape index (κ2) is 2.80. The first-order valence-electron chi connectivity index (χ1n) is 2.63. The molecule has 0 saturated heterocycles. The number of hydrogen-bond acceptors (Lipinski definition) is 3. The number of carbonyl (C=O) groups is 1. The molecular formula is C5H10O4. The van der Waals surface area contributed by atoms with E-state index in [9.17, 15) is 4.79 Å². The van der Waals surface area contributed by atoms with Gasteiger partial charge >= 0.3 is 5.97 Å². The van der Waals surface area contributed by atoms with Crippen molar-refractivity contribution in [2.75, 3.05) is 6.61 Å². The Kier molecular flexibility index (Phi) is 2.61. The topological polar surface area (TPSA) is 77.8 Å². The van der Waals surface area contributed by atoms with E-state index in [1.165, 1.54) is 6.92 Å². The van der Waals surface area contributed by atoms with Gasteiger partial charge in [0.25, 0.3) is 0 Å². The van der Waals surface area contributed by atoms with E-state index in [2.05, 4.69) is 0 Å². The molecule has 0 aromatic rings. The first kappa shape index (κ1) is 8.39. The van der Waals surface area contributed by atoms with Gasteiger partial charge in [0, 0.05) is 0 Å². The van der Waals surface area contributed by atoms with Gasteiger partial charge in [0.15, 0.2) is 5.60 Å². The van der Waals surface area contributed by atoms with Gasteiger partial charge in [-0.3, -0.25) is 0 Å². The summed E-state index contributed by atoms with van der Waals surface area (Å²) in [5.41, 5.74) is -1.94. The molecule has 0 heterocycles. The maximum absolute atomic E-state index is 10.1. The van der Waals surface area contributed by atoms with E-state index >= 15 is 0 Å². The zero-order valence-electron chi connectivity index (χ0n) is 5.16. The fourth-order valence-corrected chi connectivity index (χ4v) is 0.331. The lowest BCUT2D eigenvalue weighted by atomic mass is 10.0. The van der Waals surface area contributed by atoms with E-state index in [1.54, 1.807) is 0 Å². The molecule has 3 N–H and O–H groups in total. The summed E-state index contributed by atoms with van der Waals surface area (Å²) in [5.74, 6) is -1.38. The molecular weight excluding hydrogens is 124 g/mol. The molecule has 0 aromatic carbocycles. The van der Waals surface area contributed by atoms with Gasteiger partial charge in [-0.25, -0.2) is 4.79 Å². The fraction of sp³-hybridized carbons (Fsp3) is 0.800. The predicted molar refractivity (Wildman–Crippen MR) is 30.0 cm³/mol. The van der Waals surface area contributed by atoms with Crippen molar-refractivity contribution in [2.45, 2.75) is 18.9 Å². The maximum Gasteiger partial charge on any atom is 0.338 e. The number of aliphatic hydroxyl groups excluding tert-OH is 1. The Labute approximate surface area is 52.7 Å². The number of carboxylic acid groups (broad SMARTS) is 1. The van der Waals surface area contributed by atoms with Crippen LogP contribution in [0.15, 0.2) is 0 Å². The summed E-state index contributed by atoms with van der Waals surface area (Å²) >= 11 is 0. The largest absolute Gasteiger partial charge is 0.479 e. The lowest BCUT2D eigenvalue weighted by Gasteiger charge is -2.17. The highest BCUT2D eigenvalue weighted by Crippen LogP contribution is 2.07. The summed E-state index contributed by atoms with van der Waals surface area (Å²) in [7, 11) is 0. The highest BCUT2D eigenvalue weighted by Gasteiger charge is 2.32. The normalized spacial score (nSPS) is 16.8.